The van der Waals surface area contributed by atoms with E-state index in [9.17, 15) is 10.2 Å². The molecule has 0 aromatic heterocycles. The van der Waals surface area contributed by atoms with Gasteiger partial charge in [-0.2, -0.15) is 0 Å². The van der Waals surface area contributed by atoms with Gasteiger partial charge in [-0.05, 0) is 63.8 Å². The summed E-state index contributed by atoms with van der Waals surface area (Å²) in [5.74, 6) is 0. The maximum Gasteiger partial charge on any atom is 0.0707 e. The lowest BCUT2D eigenvalue weighted by Gasteiger charge is -2.42. The highest BCUT2D eigenvalue weighted by molar-refractivity contribution is 5.66. The molecule has 5 rings (SSSR count). The number of rotatable bonds is 6. The first-order valence-electron chi connectivity index (χ1n) is 11.3. The fourth-order valence-electron chi connectivity index (χ4n) is 5.32. The van der Waals surface area contributed by atoms with Gasteiger partial charge in [0.15, 0.2) is 0 Å². The summed E-state index contributed by atoms with van der Waals surface area (Å²) < 4.78 is 0. The molecule has 0 saturated carbocycles. The zero-order chi connectivity index (χ0) is 22.0. The molecule has 2 heteroatoms. The molecule has 0 bridgehead atoms. The van der Waals surface area contributed by atoms with Crippen LogP contribution in [-0.4, -0.2) is 23.4 Å². The number of aliphatic hydroxyl groups excluding tert-OH is 2. The van der Waals surface area contributed by atoms with E-state index >= 15 is 0 Å². The summed E-state index contributed by atoms with van der Waals surface area (Å²) in [5, 5.41) is 18.8. The van der Waals surface area contributed by atoms with Gasteiger partial charge in [-0.25, -0.2) is 0 Å². The Hall–Kier alpha value is -3.20. The van der Waals surface area contributed by atoms with E-state index in [2.05, 4.69) is 97.1 Å². The van der Waals surface area contributed by atoms with Crippen LogP contribution in [0.25, 0.3) is 0 Å². The van der Waals surface area contributed by atoms with Gasteiger partial charge in [0.1, 0.15) is 0 Å². The Kier molecular flexibility index (Phi) is 5.65. The van der Waals surface area contributed by atoms with E-state index in [4.69, 9.17) is 0 Å². The first-order chi connectivity index (χ1) is 15.8. The number of benzene rings is 4. The molecule has 1 aliphatic carbocycles. The molecule has 1 aliphatic rings. The molecule has 0 heterocycles. The van der Waals surface area contributed by atoms with Gasteiger partial charge in [-0.1, -0.05) is 97.1 Å². The zero-order valence-electron chi connectivity index (χ0n) is 18.2. The normalized spacial score (nSPS) is 13.9. The van der Waals surface area contributed by atoms with Crippen molar-refractivity contribution in [2.75, 3.05) is 13.2 Å². The molecular formula is C30H28O2. The van der Waals surface area contributed by atoms with Crippen LogP contribution in [0.2, 0.25) is 0 Å². The van der Waals surface area contributed by atoms with E-state index in [0.29, 0.717) is 12.8 Å². The molecular weight excluding hydrogens is 392 g/mol. The molecule has 4 aromatic carbocycles. The van der Waals surface area contributed by atoms with Crippen molar-refractivity contribution in [3.63, 3.8) is 0 Å². The number of hydrogen-bond donors (Lipinski definition) is 2. The van der Waals surface area contributed by atoms with Crippen molar-refractivity contribution in [1.82, 2.24) is 0 Å². The molecule has 0 spiro atoms. The SMILES string of the molecule is OCCc1ccc(C2(c3ccc(CCO)cc3)c3ccccc3Cc3ccccc32)cc1. The van der Waals surface area contributed by atoms with Crippen LogP contribution in [0.15, 0.2) is 97.1 Å². The molecule has 2 N–H and O–H groups in total. The highest BCUT2D eigenvalue weighted by Gasteiger charge is 2.43. The van der Waals surface area contributed by atoms with Crippen molar-refractivity contribution in [2.45, 2.75) is 24.7 Å². The first kappa shape index (κ1) is 20.7. The number of hydrogen-bond acceptors (Lipinski definition) is 2. The van der Waals surface area contributed by atoms with Crippen LogP contribution in [0, 0.1) is 0 Å². The summed E-state index contributed by atoms with van der Waals surface area (Å²) in [4.78, 5) is 0. The average Bonchev–Trinajstić information content (AvgIpc) is 2.84. The van der Waals surface area contributed by atoms with E-state index in [0.717, 1.165) is 17.5 Å². The highest BCUT2D eigenvalue weighted by Crippen LogP contribution is 2.50. The zero-order valence-corrected chi connectivity index (χ0v) is 18.2. The van der Waals surface area contributed by atoms with Gasteiger partial charge < -0.3 is 10.2 Å². The third kappa shape index (κ3) is 3.37. The summed E-state index contributed by atoms with van der Waals surface area (Å²) >= 11 is 0. The molecule has 32 heavy (non-hydrogen) atoms. The second-order valence-electron chi connectivity index (χ2n) is 8.58. The number of aliphatic hydroxyl groups is 2. The Bertz CT molecular complexity index is 1110. The fraction of sp³-hybridized carbons (Fsp3) is 0.200. The van der Waals surface area contributed by atoms with Gasteiger partial charge in [0.25, 0.3) is 0 Å². The summed E-state index contributed by atoms with van der Waals surface area (Å²) in [6, 6.07) is 35.1. The van der Waals surface area contributed by atoms with Crippen LogP contribution >= 0.6 is 0 Å². The van der Waals surface area contributed by atoms with Crippen molar-refractivity contribution < 1.29 is 10.2 Å². The second kappa shape index (κ2) is 8.74. The van der Waals surface area contributed by atoms with E-state index in [-0.39, 0.29) is 13.2 Å². The van der Waals surface area contributed by atoms with Crippen LogP contribution in [0.3, 0.4) is 0 Å². The molecule has 0 saturated heterocycles. The monoisotopic (exact) mass is 420 g/mol. The molecule has 0 radical (unpaired) electrons. The molecule has 0 unspecified atom stereocenters. The van der Waals surface area contributed by atoms with Crippen LogP contribution in [0.4, 0.5) is 0 Å². The first-order valence-corrected chi connectivity index (χ1v) is 11.3. The summed E-state index contributed by atoms with van der Waals surface area (Å²) in [5.41, 5.74) is 9.68. The molecule has 0 atom stereocenters. The Morgan fingerprint density at radius 3 is 1.34 bits per heavy atom. The summed E-state index contributed by atoms with van der Waals surface area (Å²) in [7, 11) is 0. The van der Waals surface area contributed by atoms with Gasteiger partial charge in [0.2, 0.25) is 0 Å². The van der Waals surface area contributed by atoms with Crippen molar-refractivity contribution in [2.24, 2.45) is 0 Å². The minimum Gasteiger partial charge on any atom is -0.396 e. The average molecular weight is 421 g/mol. The number of fused-ring (bicyclic) bond motifs is 2. The highest BCUT2D eigenvalue weighted by atomic mass is 16.3. The quantitative estimate of drug-likeness (QED) is 0.404. The molecule has 2 nitrogen and oxygen atoms in total. The Morgan fingerprint density at radius 1 is 0.531 bits per heavy atom. The van der Waals surface area contributed by atoms with Crippen molar-refractivity contribution >= 4 is 0 Å². The van der Waals surface area contributed by atoms with E-state index < -0.39 is 5.41 Å². The van der Waals surface area contributed by atoms with Crippen LogP contribution in [0.5, 0.6) is 0 Å². The second-order valence-corrected chi connectivity index (χ2v) is 8.58. The van der Waals surface area contributed by atoms with Gasteiger partial charge >= 0.3 is 0 Å². The predicted molar refractivity (Wildman–Crippen MR) is 129 cm³/mol. The molecule has 0 amide bonds. The van der Waals surface area contributed by atoms with Gasteiger partial charge in [-0.3, -0.25) is 0 Å². The van der Waals surface area contributed by atoms with Gasteiger partial charge in [0.05, 0.1) is 5.41 Å². The van der Waals surface area contributed by atoms with Crippen molar-refractivity contribution in [1.29, 1.82) is 0 Å². The lowest BCUT2D eigenvalue weighted by Crippen LogP contribution is -2.36. The van der Waals surface area contributed by atoms with Crippen molar-refractivity contribution in [3.05, 3.63) is 142 Å². The third-order valence-electron chi connectivity index (χ3n) is 6.80. The molecule has 4 aromatic rings. The van der Waals surface area contributed by atoms with E-state index in [1.165, 1.54) is 33.4 Å². The van der Waals surface area contributed by atoms with Crippen LogP contribution in [-0.2, 0) is 24.7 Å². The Labute approximate surface area is 189 Å². The Morgan fingerprint density at radius 2 is 0.938 bits per heavy atom. The minimum absolute atomic E-state index is 0.155. The van der Waals surface area contributed by atoms with Crippen LogP contribution < -0.4 is 0 Å². The van der Waals surface area contributed by atoms with Crippen LogP contribution in [0.1, 0.15) is 44.5 Å². The molecule has 0 fully saturated rings. The summed E-state index contributed by atoms with van der Waals surface area (Å²) in [6.45, 7) is 0.310. The lowest BCUT2D eigenvalue weighted by atomic mass is 9.59. The van der Waals surface area contributed by atoms with Gasteiger partial charge in [-0.15, -0.1) is 0 Å². The summed E-state index contributed by atoms with van der Waals surface area (Å²) in [6.07, 6.45) is 2.26. The predicted octanol–water partition coefficient (Wildman–Crippen LogP) is 5.04. The van der Waals surface area contributed by atoms with Crippen molar-refractivity contribution in [3.8, 4) is 0 Å². The topological polar surface area (TPSA) is 40.5 Å². The molecule has 0 aliphatic heterocycles. The lowest BCUT2D eigenvalue weighted by molar-refractivity contribution is 0.299. The standard InChI is InChI=1S/C30H28O2/c31-19-17-22-9-13-26(14-10-22)30(27-15-11-23(12-16-27)18-20-32)28-7-3-1-5-24(28)21-25-6-2-4-8-29(25)30/h1-16,31-32H,17-21H2. The Balaban J connectivity index is 1.82. The van der Waals surface area contributed by atoms with E-state index in [1.807, 2.05) is 0 Å². The van der Waals surface area contributed by atoms with E-state index in [1.54, 1.807) is 0 Å². The minimum atomic E-state index is -0.416. The maximum atomic E-state index is 9.38. The maximum absolute atomic E-state index is 9.38. The largest absolute Gasteiger partial charge is 0.396 e. The third-order valence-corrected chi connectivity index (χ3v) is 6.80. The smallest absolute Gasteiger partial charge is 0.0707 e. The fourth-order valence-corrected chi connectivity index (χ4v) is 5.32. The molecule has 160 valence electrons. The van der Waals surface area contributed by atoms with Gasteiger partial charge in [0, 0.05) is 13.2 Å².